The van der Waals surface area contributed by atoms with E-state index in [9.17, 15) is 0 Å². The maximum absolute atomic E-state index is 4.41. The highest BCUT2D eigenvalue weighted by Gasteiger charge is 2.28. The molecule has 0 unspecified atom stereocenters. The van der Waals surface area contributed by atoms with E-state index in [0.29, 0.717) is 5.41 Å². The second-order valence-corrected chi connectivity index (χ2v) is 5.21. The van der Waals surface area contributed by atoms with Gasteiger partial charge in [0.2, 0.25) is 0 Å². The summed E-state index contributed by atoms with van der Waals surface area (Å²) in [5.74, 6) is 1.05. The fourth-order valence-corrected chi connectivity index (χ4v) is 2.48. The van der Waals surface area contributed by atoms with E-state index in [0.717, 1.165) is 12.4 Å². The van der Waals surface area contributed by atoms with Crippen LogP contribution in [-0.2, 0) is 7.05 Å². The van der Waals surface area contributed by atoms with Gasteiger partial charge in [0.25, 0.3) is 0 Å². The van der Waals surface area contributed by atoms with Crippen molar-refractivity contribution in [3.8, 4) is 0 Å². The predicted molar refractivity (Wildman–Crippen MR) is 63.0 cm³/mol. The number of hydrogen-bond acceptors (Lipinski definition) is 2. The molecule has 1 saturated carbocycles. The summed E-state index contributed by atoms with van der Waals surface area (Å²) in [7, 11) is 1.97. The van der Waals surface area contributed by atoms with Crippen LogP contribution >= 0.6 is 0 Å². The lowest BCUT2D eigenvalue weighted by molar-refractivity contribution is 0.361. The van der Waals surface area contributed by atoms with E-state index < -0.39 is 0 Å². The first-order valence-corrected chi connectivity index (χ1v) is 5.83. The zero-order valence-corrected chi connectivity index (χ0v) is 10.0. The second kappa shape index (κ2) is 3.87. The fourth-order valence-electron chi connectivity index (χ4n) is 2.48. The van der Waals surface area contributed by atoms with E-state index in [4.69, 9.17) is 0 Å². The van der Waals surface area contributed by atoms with Crippen LogP contribution < -0.4 is 5.32 Å². The lowest BCUT2D eigenvalue weighted by atomic mass is 9.89. The Kier molecular flexibility index (Phi) is 2.72. The largest absolute Gasteiger partial charge is 0.368 e. The van der Waals surface area contributed by atoms with Crippen LogP contribution in [-0.4, -0.2) is 16.3 Å². The molecule has 1 heterocycles. The average Bonchev–Trinajstić information content (AvgIpc) is 2.71. The molecule has 1 N–H and O–H groups in total. The third-order valence-electron chi connectivity index (χ3n) is 3.51. The molecule has 0 aromatic carbocycles. The summed E-state index contributed by atoms with van der Waals surface area (Å²) in [4.78, 5) is 0. The Hall–Kier alpha value is -0.990. The maximum Gasteiger partial charge on any atom is 0.150 e. The molecule has 2 rings (SSSR count). The zero-order chi connectivity index (χ0) is 10.9. The number of hydrogen-bond donors (Lipinski definition) is 1. The third-order valence-corrected chi connectivity index (χ3v) is 3.51. The standard InChI is InChI=1S/C12H21N3/c1-10-8-15(3)14-11(10)13-9-12(2)6-4-5-7-12/h8H,4-7,9H2,1-3H3,(H,13,14). The van der Waals surface area contributed by atoms with Gasteiger partial charge in [-0.2, -0.15) is 5.10 Å². The van der Waals surface area contributed by atoms with Crippen molar-refractivity contribution in [1.29, 1.82) is 0 Å². The van der Waals surface area contributed by atoms with Gasteiger partial charge in [0.1, 0.15) is 0 Å². The van der Waals surface area contributed by atoms with Gasteiger partial charge in [0.05, 0.1) is 0 Å². The summed E-state index contributed by atoms with van der Waals surface area (Å²) in [5, 5.41) is 7.89. The highest BCUT2D eigenvalue weighted by molar-refractivity contribution is 5.41. The van der Waals surface area contributed by atoms with Gasteiger partial charge in [-0.1, -0.05) is 19.8 Å². The van der Waals surface area contributed by atoms with Crippen molar-refractivity contribution in [3.05, 3.63) is 11.8 Å². The SMILES string of the molecule is Cc1cn(C)nc1NCC1(C)CCCC1. The summed E-state index contributed by atoms with van der Waals surface area (Å²) < 4.78 is 1.87. The van der Waals surface area contributed by atoms with Gasteiger partial charge < -0.3 is 5.32 Å². The molecular formula is C12H21N3. The lowest BCUT2D eigenvalue weighted by Gasteiger charge is -2.23. The molecule has 0 saturated heterocycles. The van der Waals surface area contributed by atoms with E-state index in [1.54, 1.807) is 0 Å². The highest BCUT2D eigenvalue weighted by Crippen LogP contribution is 2.37. The second-order valence-electron chi connectivity index (χ2n) is 5.21. The minimum Gasteiger partial charge on any atom is -0.368 e. The summed E-state index contributed by atoms with van der Waals surface area (Å²) in [5.41, 5.74) is 1.73. The Labute approximate surface area is 91.9 Å². The monoisotopic (exact) mass is 207 g/mol. The molecule has 1 aliphatic rings. The summed E-state index contributed by atoms with van der Waals surface area (Å²) in [6, 6.07) is 0. The molecule has 0 amide bonds. The first kappa shape index (κ1) is 10.5. The van der Waals surface area contributed by atoms with Crippen molar-refractivity contribution in [1.82, 2.24) is 9.78 Å². The van der Waals surface area contributed by atoms with Gasteiger partial charge in [-0.05, 0) is 25.2 Å². The molecule has 0 aliphatic heterocycles. The molecule has 1 aliphatic carbocycles. The highest BCUT2D eigenvalue weighted by atomic mass is 15.3. The van der Waals surface area contributed by atoms with E-state index in [2.05, 4.69) is 30.5 Å². The smallest absolute Gasteiger partial charge is 0.150 e. The summed E-state index contributed by atoms with van der Waals surface area (Å²) >= 11 is 0. The number of anilines is 1. The molecule has 0 atom stereocenters. The quantitative estimate of drug-likeness (QED) is 0.826. The van der Waals surface area contributed by atoms with Crippen LogP contribution in [0.5, 0.6) is 0 Å². The van der Waals surface area contributed by atoms with E-state index >= 15 is 0 Å². The Morgan fingerprint density at radius 3 is 2.67 bits per heavy atom. The normalized spacial score (nSPS) is 19.4. The van der Waals surface area contributed by atoms with Gasteiger partial charge in [0, 0.05) is 25.4 Å². The van der Waals surface area contributed by atoms with E-state index in [1.807, 2.05) is 11.7 Å². The molecule has 0 bridgehead atoms. The minimum absolute atomic E-state index is 0.490. The van der Waals surface area contributed by atoms with Crippen LogP contribution in [0.15, 0.2) is 6.20 Å². The molecule has 3 heteroatoms. The van der Waals surface area contributed by atoms with Gasteiger partial charge in [-0.3, -0.25) is 4.68 Å². The minimum atomic E-state index is 0.490. The number of aryl methyl sites for hydroxylation is 2. The van der Waals surface area contributed by atoms with Crippen molar-refractivity contribution in [3.63, 3.8) is 0 Å². The number of aromatic nitrogens is 2. The average molecular weight is 207 g/mol. The van der Waals surface area contributed by atoms with Crippen LogP contribution in [0.3, 0.4) is 0 Å². The Bertz CT molecular complexity index is 335. The third kappa shape index (κ3) is 2.33. The van der Waals surface area contributed by atoms with E-state index in [-0.39, 0.29) is 0 Å². The van der Waals surface area contributed by atoms with Crippen molar-refractivity contribution in [2.24, 2.45) is 12.5 Å². The van der Waals surface area contributed by atoms with Crippen molar-refractivity contribution in [2.45, 2.75) is 39.5 Å². The van der Waals surface area contributed by atoms with Crippen LogP contribution in [0.2, 0.25) is 0 Å². The van der Waals surface area contributed by atoms with Crippen molar-refractivity contribution >= 4 is 5.82 Å². The topological polar surface area (TPSA) is 29.9 Å². The molecule has 1 aromatic heterocycles. The van der Waals surface area contributed by atoms with Gasteiger partial charge in [0.15, 0.2) is 5.82 Å². The first-order valence-electron chi connectivity index (χ1n) is 5.83. The maximum atomic E-state index is 4.41. The molecular weight excluding hydrogens is 186 g/mol. The van der Waals surface area contributed by atoms with Gasteiger partial charge in [-0.15, -0.1) is 0 Å². The van der Waals surface area contributed by atoms with Gasteiger partial charge in [-0.25, -0.2) is 0 Å². The van der Waals surface area contributed by atoms with E-state index in [1.165, 1.54) is 31.2 Å². The van der Waals surface area contributed by atoms with Crippen molar-refractivity contribution < 1.29 is 0 Å². The number of nitrogens with zero attached hydrogens (tertiary/aromatic N) is 2. The Morgan fingerprint density at radius 2 is 2.13 bits per heavy atom. The Morgan fingerprint density at radius 1 is 1.47 bits per heavy atom. The predicted octanol–water partition coefficient (Wildman–Crippen LogP) is 2.72. The molecule has 0 spiro atoms. The fraction of sp³-hybridized carbons (Fsp3) is 0.750. The number of nitrogens with one attached hydrogen (secondary N) is 1. The summed E-state index contributed by atoms with van der Waals surface area (Å²) in [6.07, 6.45) is 7.54. The molecule has 1 fully saturated rings. The molecule has 15 heavy (non-hydrogen) atoms. The number of rotatable bonds is 3. The molecule has 84 valence electrons. The zero-order valence-electron chi connectivity index (χ0n) is 10.0. The van der Waals surface area contributed by atoms with Crippen LogP contribution in [0, 0.1) is 12.3 Å². The van der Waals surface area contributed by atoms with Crippen molar-refractivity contribution in [2.75, 3.05) is 11.9 Å². The first-order chi connectivity index (χ1) is 7.09. The van der Waals surface area contributed by atoms with Crippen LogP contribution in [0.4, 0.5) is 5.82 Å². The summed E-state index contributed by atoms with van der Waals surface area (Å²) in [6.45, 7) is 5.54. The molecule has 3 nitrogen and oxygen atoms in total. The van der Waals surface area contributed by atoms with Crippen LogP contribution in [0.25, 0.3) is 0 Å². The Balaban J connectivity index is 1.95. The lowest BCUT2D eigenvalue weighted by Crippen LogP contribution is -2.23. The molecule has 1 aromatic rings. The molecule has 0 radical (unpaired) electrons. The van der Waals surface area contributed by atoms with Gasteiger partial charge >= 0.3 is 0 Å². The van der Waals surface area contributed by atoms with Crippen LogP contribution in [0.1, 0.15) is 38.2 Å².